The van der Waals surface area contributed by atoms with E-state index in [1.54, 1.807) is 0 Å². The second kappa shape index (κ2) is 6.31. The topological polar surface area (TPSA) is 61.5 Å². The van der Waals surface area contributed by atoms with Crippen LogP contribution in [0.15, 0.2) is 42.5 Å². The molecule has 4 nitrogen and oxygen atoms in total. The highest BCUT2D eigenvalue weighted by atomic mass is 16.6. The molecule has 0 aliphatic heterocycles. The van der Waals surface area contributed by atoms with Crippen molar-refractivity contribution in [3.63, 3.8) is 0 Å². The standard InChI is InChI=1S/C15H17NO3/c1-18-15(17)10-19-9-14(16)13-8-4-6-11-5-2-3-7-12(11)13/h2-8,14H,9-10,16H2,1H3. The molecule has 2 rings (SSSR count). The lowest BCUT2D eigenvalue weighted by atomic mass is 10.00. The zero-order valence-electron chi connectivity index (χ0n) is 10.8. The third kappa shape index (κ3) is 3.30. The van der Waals surface area contributed by atoms with Gasteiger partial charge >= 0.3 is 5.97 Å². The number of carbonyl (C=O) groups excluding carboxylic acids is 1. The molecular weight excluding hydrogens is 242 g/mol. The van der Waals surface area contributed by atoms with Crippen LogP contribution < -0.4 is 5.73 Å². The van der Waals surface area contributed by atoms with Crippen molar-refractivity contribution in [1.29, 1.82) is 0 Å². The van der Waals surface area contributed by atoms with Gasteiger partial charge < -0.3 is 15.2 Å². The minimum absolute atomic E-state index is 0.0744. The van der Waals surface area contributed by atoms with Gasteiger partial charge in [0, 0.05) is 0 Å². The van der Waals surface area contributed by atoms with Gasteiger partial charge in [-0.3, -0.25) is 0 Å². The molecule has 0 fully saturated rings. The lowest BCUT2D eigenvalue weighted by Crippen LogP contribution is -2.20. The van der Waals surface area contributed by atoms with Crippen molar-refractivity contribution in [2.75, 3.05) is 20.3 Å². The Morgan fingerprint density at radius 3 is 2.74 bits per heavy atom. The molecule has 1 atom stereocenters. The second-order valence-corrected chi connectivity index (χ2v) is 4.27. The van der Waals surface area contributed by atoms with E-state index in [4.69, 9.17) is 10.5 Å². The van der Waals surface area contributed by atoms with Gasteiger partial charge in [-0.1, -0.05) is 42.5 Å². The molecule has 0 saturated heterocycles. The molecule has 100 valence electrons. The number of benzene rings is 2. The van der Waals surface area contributed by atoms with Crippen molar-refractivity contribution < 1.29 is 14.3 Å². The SMILES string of the molecule is COC(=O)COCC(N)c1cccc2ccccc12. The van der Waals surface area contributed by atoms with Crippen LogP contribution in [-0.4, -0.2) is 26.3 Å². The monoisotopic (exact) mass is 259 g/mol. The third-order valence-electron chi connectivity index (χ3n) is 2.97. The molecule has 0 radical (unpaired) electrons. The van der Waals surface area contributed by atoms with Crippen molar-refractivity contribution in [2.45, 2.75) is 6.04 Å². The van der Waals surface area contributed by atoms with Crippen LogP contribution in [0.2, 0.25) is 0 Å². The molecule has 0 bridgehead atoms. The average molecular weight is 259 g/mol. The summed E-state index contributed by atoms with van der Waals surface area (Å²) in [7, 11) is 1.33. The minimum Gasteiger partial charge on any atom is -0.467 e. The number of hydrogen-bond acceptors (Lipinski definition) is 4. The first kappa shape index (κ1) is 13.5. The van der Waals surface area contributed by atoms with Crippen molar-refractivity contribution in [3.8, 4) is 0 Å². The average Bonchev–Trinajstić information content (AvgIpc) is 2.46. The number of esters is 1. The van der Waals surface area contributed by atoms with Crippen LogP contribution in [0, 0.1) is 0 Å². The summed E-state index contributed by atoms with van der Waals surface area (Å²) in [5.41, 5.74) is 7.13. The zero-order valence-corrected chi connectivity index (χ0v) is 10.8. The van der Waals surface area contributed by atoms with Crippen LogP contribution in [0.3, 0.4) is 0 Å². The molecular formula is C15H17NO3. The van der Waals surface area contributed by atoms with Crippen LogP contribution in [0.4, 0.5) is 0 Å². The van der Waals surface area contributed by atoms with Crippen LogP contribution in [0.5, 0.6) is 0 Å². The van der Waals surface area contributed by atoms with Crippen LogP contribution in [0.1, 0.15) is 11.6 Å². The van der Waals surface area contributed by atoms with E-state index in [-0.39, 0.29) is 19.3 Å². The second-order valence-electron chi connectivity index (χ2n) is 4.27. The summed E-state index contributed by atoms with van der Waals surface area (Å²) in [4.78, 5) is 11.0. The lowest BCUT2D eigenvalue weighted by Gasteiger charge is -2.14. The fourth-order valence-corrected chi connectivity index (χ4v) is 1.99. The van der Waals surface area contributed by atoms with Gasteiger partial charge in [-0.25, -0.2) is 4.79 Å². The highest BCUT2D eigenvalue weighted by molar-refractivity contribution is 5.86. The summed E-state index contributed by atoms with van der Waals surface area (Å²) in [5.74, 6) is -0.398. The molecule has 2 N–H and O–H groups in total. The molecule has 0 heterocycles. The molecule has 4 heteroatoms. The Kier molecular flexibility index (Phi) is 4.49. The number of methoxy groups -OCH3 is 1. The molecule has 0 amide bonds. The van der Waals surface area contributed by atoms with Gasteiger partial charge in [0.2, 0.25) is 0 Å². The molecule has 19 heavy (non-hydrogen) atoms. The van der Waals surface area contributed by atoms with Gasteiger partial charge in [0.1, 0.15) is 6.61 Å². The summed E-state index contributed by atoms with van der Waals surface area (Å²) in [6.07, 6.45) is 0. The number of carbonyl (C=O) groups is 1. The Morgan fingerprint density at radius 1 is 1.21 bits per heavy atom. The van der Waals surface area contributed by atoms with Crippen LogP contribution >= 0.6 is 0 Å². The highest BCUT2D eigenvalue weighted by Crippen LogP contribution is 2.23. The van der Waals surface area contributed by atoms with Gasteiger partial charge in [-0.2, -0.15) is 0 Å². The summed E-state index contributed by atoms with van der Waals surface area (Å²) in [6, 6.07) is 13.8. The summed E-state index contributed by atoms with van der Waals surface area (Å²) < 4.78 is 9.76. The molecule has 1 unspecified atom stereocenters. The van der Waals surface area contributed by atoms with Crippen molar-refractivity contribution >= 4 is 16.7 Å². The first-order valence-corrected chi connectivity index (χ1v) is 6.10. The number of hydrogen-bond donors (Lipinski definition) is 1. The summed E-state index contributed by atoms with van der Waals surface area (Å²) in [6.45, 7) is 0.206. The lowest BCUT2D eigenvalue weighted by molar-refractivity contribution is -0.146. The smallest absolute Gasteiger partial charge is 0.331 e. The Labute approximate surface area is 112 Å². The van der Waals surface area contributed by atoms with E-state index in [2.05, 4.69) is 4.74 Å². The zero-order chi connectivity index (χ0) is 13.7. The van der Waals surface area contributed by atoms with E-state index in [1.165, 1.54) is 7.11 Å². The fraction of sp³-hybridized carbons (Fsp3) is 0.267. The first-order chi connectivity index (χ1) is 9.22. The molecule has 2 aromatic rings. The molecule has 0 aliphatic rings. The van der Waals surface area contributed by atoms with Crippen molar-refractivity contribution in [3.05, 3.63) is 48.0 Å². The molecule has 2 aromatic carbocycles. The molecule has 0 spiro atoms. The first-order valence-electron chi connectivity index (χ1n) is 6.10. The van der Waals surface area contributed by atoms with E-state index in [0.29, 0.717) is 0 Å². The molecule has 0 aliphatic carbocycles. The van der Waals surface area contributed by atoms with E-state index >= 15 is 0 Å². The van der Waals surface area contributed by atoms with Gasteiger partial charge in [0.25, 0.3) is 0 Å². The maximum absolute atomic E-state index is 11.0. The van der Waals surface area contributed by atoms with Gasteiger partial charge in [0.15, 0.2) is 0 Å². The van der Waals surface area contributed by atoms with E-state index < -0.39 is 5.97 Å². The minimum atomic E-state index is -0.398. The maximum Gasteiger partial charge on any atom is 0.331 e. The van der Waals surface area contributed by atoms with Gasteiger partial charge in [-0.05, 0) is 16.3 Å². The fourth-order valence-electron chi connectivity index (χ4n) is 1.99. The normalized spacial score (nSPS) is 12.3. The Balaban J connectivity index is 2.09. The summed E-state index contributed by atoms with van der Waals surface area (Å²) >= 11 is 0. The van der Waals surface area contributed by atoms with Crippen molar-refractivity contribution in [1.82, 2.24) is 0 Å². The van der Waals surface area contributed by atoms with Crippen LogP contribution in [-0.2, 0) is 14.3 Å². The quantitative estimate of drug-likeness (QED) is 0.835. The Hall–Kier alpha value is -1.91. The Morgan fingerprint density at radius 2 is 1.95 bits per heavy atom. The van der Waals surface area contributed by atoms with Crippen LogP contribution in [0.25, 0.3) is 10.8 Å². The predicted octanol–water partition coefficient (Wildman–Crippen LogP) is 2.03. The summed E-state index contributed by atoms with van der Waals surface area (Å²) in [5, 5.41) is 2.25. The van der Waals surface area contributed by atoms with Gasteiger partial charge in [-0.15, -0.1) is 0 Å². The highest BCUT2D eigenvalue weighted by Gasteiger charge is 2.10. The number of nitrogens with two attached hydrogens (primary N) is 1. The Bertz CT molecular complexity index is 563. The van der Waals surface area contributed by atoms with E-state index in [0.717, 1.165) is 16.3 Å². The number of ether oxygens (including phenoxy) is 2. The maximum atomic E-state index is 11.0. The third-order valence-corrected chi connectivity index (χ3v) is 2.97. The van der Waals surface area contributed by atoms with E-state index in [1.807, 2.05) is 42.5 Å². The van der Waals surface area contributed by atoms with Crippen molar-refractivity contribution in [2.24, 2.45) is 5.73 Å². The molecule has 0 aromatic heterocycles. The largest absolute Gasteiger partial charge is 0.467 e. The number of fused-ring (bicyclic) bond motifs is 1. The van der Waals surface area contributed by atoms with Gasteiger partial charge in [0.05, 0.1) is 19.8 Å². The van der Waals surface area contributed by atoms with E-state index in [9.17, 15) is 4.79 Å². The molecule has 0 saturated carbocycles. The predicted molar refractivity (Wildman–Crippen MR) is 73.7 cm³/mol. The number of rotatable bonds is 5.